The minimum absolute atomic E-state index is 0.0409. The van der Waals surface area contributed by atoms with Crippen LogP contribution in [0.25, 0.3) is 6.08 Å². The molecule has 116 valence electrons. The molecule has 2 aromatic rings. The van der Waals surface area contributed by atoms with Gasteiger partial charge in [0.2, 0.25) is 0 Å². The van der Waals surface area contributed by atoms with Crippen LogP contribution in [0, 0.1) is 18.3 Å². The Morgan fingerprint density at radius 2 is 1.78 bits per heavy atom. The van der Waals surface area contributed by atoms with Crippen molar-refractivity contribution in [3.05, 3.63) is 70.8 Å². The molecule has 0 aromatic heterocycles. The fourth-order valence-electron chi connectivity index (χ4n) is 1.92. The van der Waals surface area contributed by atoms with Gasteiger partial charge in [-0.1, -0.05) is 42.0 Å². The van der Waals surface area contributed by atoms with E-state index in [1.165, 1.54) is 18.7 Å². The van der Waals surface area contributed by atoms with Crippen LogP contribution in [-0.2, 0) is 16.1 Å². The highest BCUT2D eigenvalue weighted by atomic mass is 16.5. The molecule has 2 rings (SSSR count). The Hall–Kier alpha value is -3.06. The largest absolute Gasteiger partial charge is 0.489 e. The molecule has 0 spiro atoms. The van der Waals surface area contributed by atoms with Gasteiger partial charge in [-0.25, -0.2) is 4.79 Å². The fourth-order valence-corrected chi connectivity index (χ4v) is 1.92. The van der Waals surface area contributed by atoms with Crippen LogP contribution in [0.2, 0.25) is 0 Å². The van der Waals surface area contributed by atoms with E-state index in [0.29, 0.717) is 6.61 Å². The van der Waals surface area contributed by atoms with Crippen LogP contribution in [0.15, 0.2) is 54.1 Å². The van der Waals surface area contributed by atoms with Gasteiger partial charge in [0.15, 0.2) is 0 Å². The van der Waals surface area contributed by atoms with Crippen molar-refractivity contribution in [2.24, 2.45) is 0 Å². The van der Waals surface area contributed by atoms with Crippen molar-refractivity contribution in [3.63, 3.8) is 0 Å². The topological polar surface area (TPSA) is 59.3 Å². The summed E-state index contributed by atoms with van der Waals surface area (Å²) < 4.78 is 10.3. The zero-order valence-electron chi connectivity index (χ0n) is 13.1. The molecule has 0 unspecified atom stereocenters. The van der Waals surface area contributed by atoms with Crippen molar-refractivity contribution in [3.8, 4) is 11.8 Å². The molecule has 0 aliphatic heterocycles. The van der Waals surface area contributed by atoms with E-state index in [-0.39, 0.29) is 5.57 Å². The van der Waals surface area contributed by atoms with Gasteiger partial charge in [-0.05, 0) is 36.3 Å². The molecule has 0 atom stereocenters. The van der Waals surface area contributed by atoms with E-state index in [1.54, 1.807) is 24.3 Å². The van der Waals surface area contributed by atoms with Gasteiger partial charge in [-0.2, -0.15) is 5.26 Å². The number of nitrogens with zero attached hydrogens (tertiary/aromatic N) is 1. The van der Waals surface area contributed by atoms with Crippen molar-refractivity contribution in [1.82, 2.24) is 0 Å². The van der Waals surface area contributed by atoms with Crippen LogP contribution in [0.5, 0.6) is 5.75 Å². The SMILES string of the molecule is COC(=O)/C(C#N)=C\c1ccc(OCc2ccc(C)cc2)cc1. The molecule has 4 heteroatoms. The van der Waals surface area contributed by atoms with Crippen LogP contribution < -0.4 is 4.74 Å². The normalized spacial score (nSPS) is 10.7. The van der Waals surface area contributed by atoms with Crippen LogP contribution in [0.1, 0.15) is 16.7 Å². The van der Waals surface area contributed by atoms with E-state index in [1.807, 2.05) is 37.3 Å². The third-order valence-corrected chi connectivity index (χ3v) is 3.24. The molecule has 0 radical (unpaired) electrons. The Morgan fingerprint density at radius 3 is 2.35 bits per heavy atom. The summed E-state index contributed by atoms with van der Waals surface area (Å²) in [6.45, 7) is 2.53. The quantitative estimate of drug-likeness (QED) is 0.480. The van der Waals surface area contributed by atoms with Gasteiger partial charge < -0.3 is 9.47 Å². The maximum absolute atomic E-state index is 11.4. The molecule has 4 nitrogen and oxygen atoms in total. The van der Waals surface area contributed by atoms with Gasteiger partial charge in [0.1, 0.15) is 24.0 Å². The van der Waals surface area contributed by atoms with Crippen molar-refractivity contribution >= 4 is 12.0 Å². The van der Waals surface area contributed by atoms with Crippen LogP contribution in [0.3, 0.4) is 0 Å². The van der Waals surface area contributed by atoms with E-state index in [2.05, 4.69) is 4.74 Å². The first kappa shape index (κ1) is 16.3. The smallest absolute Gasteiger partial charge is 0.348 e. The highest BCUT2D eigenvalue weighted by molar-refractivity contribution is 5.97. The van der Waals surface area contributed by atoms with E-state index in [4.69, 9.17) is 10.00 Å². The lowest BCUT2D eigenvalue weighted by Gasteiger charge is -2.07. The highest BCUT2D eigenvalue weighted by Crippen LogP contribution is 2.16. The lowest BCUT2D eigenvalue weighted by molar-refractivity contribution is -0.135. The van der Waals surface area contributed by atoms with E-state index in [9.17, 15) is 4.79 Å². The summed E-state index contributed by atoms with van der Waals surface area (Å²) in [7, 11) is 1.25. The maximum atomic E-state index is 11.4. The van der Waals surface area contributed by atoms with Crippen molar-refractivity contribution in [1.29, 1.82) is 5.26 Å². The Balaban J connectivity index is 2.02. The number of carbonyl (C=O) groups excluding carboxylic acids is 1. The average Bonchev–Trinajstić information content (AvgIpc) is 2.59. The van der Waals surface area contributed by atoms with E-state index < -0.39 is 5.97 Å². The second-order valence-corrected chi connectivity index (χ2v) is 5.00. The van der Waals surface area contributed by atoms with Gasteiger partial charge in [-0.15, -0.1) is 0 Å². The summed E-state index contributed by atoms with van der Waals surface area (Å²) in [4.78, 5) is 11.4. The van der Waals surface area contributed by atoms with Gasteiger partial charge in [-0.3, -0.25) is 0 Å². The van der Waals surface area contributed by atoms with E-state index in [0.717, 1.165) is 16.9 Å². The number of methoxy groups -OCH3 is 1. The molecule has 23 heavy (non-hydrogen) atoms. The number of hydrogen-bond acceptors (Lipinski definition) is 4. The molecular formula is C19H17NO3. The van der Waals surface area contributed by atoms with Crippen LogP contribution >= 0.6 is 0 Å². The Bertz CT molecular complexity index is 738. The average molecular weight is 307 g/mol. The summed E-state index contributed by atoms with van der Waals surface area (Å²) in [6.07, 6.45) is 1.48. The van der Waals surface area contributed by atoms with Gasteiger partial charge >= 0.3 is 5.97 Å². The lowest BCUT2D eigenvalue weighted by atomic mass is 10.1. The molecule has 2 aromatic carbocycles. The van der Waals surface area contributed by atoms with Gasteiger partial charge in [0.05, 0.1) is 7.11 Å². The van der Waals surface area contributed by atoms with Gasteiger partial charge in [0.25, 0.3) is 0 Å². The molecule has 0 N–H and O–H groups in total. The first-order chi connectivity index (χ1) is 11.1. The van der Waals surface area contributed by atoms with Crippen LogP contribution in [0.4, 0.5) is 0 Å². The third kappa shape index (κ3) is 4.72. The minimum Gasteiger partial charge on any atom is -0.489 e. The monoisotopic (exact) mass is 307 g/mol. The first-order valence-electron chi connectivity index (χ1n) is 7.11. The molecule has 0 bridgehead atoms. The summed E-state index contributed by atoms with van der Waals surface area (Å²) in [5.41, 5.74) is 3.00. The Labute approximate surface area is 135 Å². The maximum Gasteiger partial charge on any atom is 0.348 e. The predicted octanol–water partition coefficient (Wildman–Crippen LogP) is 3.65. The first-order valence-corrected chi connectivity index (χ1v) is 7.11. The summed E-state index contributed by atoms with van der Waals surface area (Å²) >= 11 is 0. The highest BCUT2D eigenvalue weighted by Gasteiger charge is 2.08. The number of hydrogen-bond donors (Lipinski definition) is 0. The van der Waals surface area contributed by atoms with Crippen molar-refractivity contribution in [2.75, 3.05) is 7.11 Å². The second-order valence-electron chi connectivity index (χ2n) is 5.00. The number of esters is 1. The van der Waals surface area contributed by atoms with Crippen molar-refractivity contribution in [2.45, 2.75) is 13.5 Å². The molecule has 0 saturated carbocycles. The summed E-state index contributed by atoms with van der Waals surface area (Å²) in [6, 6.07) is 17.1. The molecule has 0 aliphatic carbocycles. The second kappa shape index (κ2) is 7.81. The molecule has 0 fully saturated rings. The number of nitriles is 1. The minimum atomic E-state index is -0.646. The molecule has 0 heterocycles. The number of carbonyl (C=O) groups is 1. The summed E-state index contributed by atoms with van der Waals surface area (Å²) in [5.74, 6) is 0.0755. The molecular weight excluding hydrogens is 290 g/mol. The lowest BCUT2D eigenvalue weighted by Crippen LogP contribution is -2.02. The molecule has 0 aliphatic rings. The third-order valence-electron chi connectivity index (χ3n) is 3.24. The van der Waals surface area contributed by atoms with E-state index >= 15 is 0 Å². The number of ether oxygens (including phenoxy) is 2. The van der Waals surface area contributed by atoms with Crippen molar-refractivity contribution < 1.29 is 14.3 Å². The molecule has 0 saturated heterocycles. The van der Waals surface area contributed by atoms with Gasteiger partial charge in [0, 0.05) is 0 Å². The number of benzene rings is 2. The number of aryl methyl sites for hydroxylation is 1. The number of rotatable bonds is 5. The standard InChI is InChI=1S/C19H17NO3/c1-14-3-5-16(6-4-14)13-23-18-9-7-15(8-10-18)11-17(12-20)19(21)22-2/h3-11H,13H2,1-2H3/b17-11-. The zero-order valence-corrected chi connectivity index (χ0v) is 13.1. The Kier molecular flexibility index (Phi) is 5.54. The Morgan fingerprint density at radius 1 is 1.13 bits per heavy atom. The zero-order chi connectivity index (χ0) is 16.7. The van der Waals surface area contributed by atoms with Crippen LogP contribution in [-0.4, -0.2) is 13.1 Å². The summed E-state index contributed by atoms with van der Waals surface area (Å²) in [5, 5.41) is 8.93. The fraction of sp³-hybridized carbons (Fsp3) is 0.158. The molecule has 0 amide bonds. The predicted molar refractivity (Wildman–Crippen MR) is 87.6 cm³/mol.